The van der Waals surface area contributed by atoms with Gasteiger partial charge in [0.2, 0.25) is 0 Å². The van der Waals surface area contributed by atoms with E-state index < -0.39 is 29.1 Å². The minimum Gasteiger partial charge on any atom is -0.487 e. The van der Waals surface area contributed by atoms with Gasteiger partial charge in [-0.2, -0.15) is 13.2 Å². The smallest absolute Gasteiger partial charge is 0.416 e. The van der Waals surface area contributed by atoms with Crippen LogP contribution >= 0.6 is 0 Å². The molecule has 0 spiro atoms. The van der Waals surface area contributed by atoms with E-state index in [1.807, 2.05) is 6.92 Å². The second-order valence-corrected chi connectivity index (χ2v) is 13.1. The highest BCUT2D eigenvalue weighted by molar-refractivity contribution is 5.89. The number of fused-ring (bicyclic) bond motifs is 1. The number of hydrogen-bond acceptors (Lipinski definition) is 7. The number of carboxylic acid groups (broad SMARTS) is 1. The number of piperazine rings is 1. The third-order valence-corrected chi connectivity index (χ3v) is 9.50. The Hall–Kier alpha value is -3.58. The normalized spacial score (nSPS) is 25.7. The van der Waals surface area contributed by atoms with Crippen molar-refractivity contribution in [2.24, 2.45) is 5.92 Å². The number of carbonyl (C=O) groups excluding carboxylic acids is 1. The number of amides is 1. The van der Waals surface area contributed by atoms with Gasteiger partial charge in [0.25, 0.3) is 5.91 Å². The molecule has 3 atom stereocenters. The first-order valence-electron chi connectivity index (χ1n) is 15.8. The van der Waals surface area contributed by atoms with Crippen molar-refractivity contribution in [3.63, 3.8) is 0 Å². The van der Waals surface area contributed by atoms with Crippen LogP contribution in [0.3, 0.4) is 0 Å². The van der Waals surface area contributed by atoms with Crippen molar-refractivity contribution < 1.29 is 46.5 Å². The van der Waals surface area contributed by atoms with Gasteiger partial charge in [0.1, 0.15) is 11.4 Å². The topological polar surface area (TPSA) is 91.8 Å². The molecule has 250 valence electrons. The van der Waals surface area contributed by atoms with Gasteiger partial charge in [-0.15, -0.1) is 0 Å². The molecule has 0 aromatic heterocycles. The molecule has 4 aliphatic rings. The van der Waals surface area contributed by atoms with Gasteiger partial charge in [0.15, 0.2) is 18.2 Å². The van der Waals surface area contributed by atoms with Gasteiger partial charge in [0.05, 0.1) is 30.4 Å². The maximum atomic E-state index is 14.1. The molecule has 1 amide bonds. The van der Waals surface area contributed by atoms with Gasteiger partial charge in [-0.25, -0.2) is 9.18 Å². The molecule has 1 saturated carbocycles. The Kier molecular flexibility index (Phi) is 8.60. The minimum atomic E-state index is -4.59. The number of halogens is 4. The zero-order valence-corrected chi connectivity index (χ0v) is 26.1. The Morgan fingerprint density at radius 1 is 1.11 bits per heavy atom. The highest BCUT2D eigenvalue weighted by Crippen LogP contribution is 2.49. The Labute approximate surface area is 265 Å². The van der Waals surface area contributed by atoms with Gasteiger partial charge < -0.3 is 29.1 Å². The van der Waals surface area contributed by atoms with Crippen LogP contribution in [0.1, 0.15) is 67.9 Å². The van der Waals surface area contributed by atoms with Crippen molar-refractivity contribution in [3.8, 4) is 11.5 Å². The van der Waals surface area contributed by atoms with E-state index in [0.717, 1.165) is 25.0 Å². The van der Waals surface area contributed by atoms with Gasteiger partial charge in [0, 0.05) is 43.0 Å². The summed E-state index contributed by atoms with van der Waals surface area (Å²) in [5.74, 6) is -2.06. The summed E-state index contributed by atoms with van der Waals surface area (Å²) in [7, 11) is 0. The number of hydrogen-bond donors (Lipinski definition) is 1. The standard InChI is InChI=1S/C33H39F4N3O6/c1-19(2)46-28-13-23(33(35,36)37)12-21-16-39(18-44-29(21)28)31(43)32(22-4-5-22)9-8-25(17-45-32)38-10-11-40(20(3)15-38)24-6-7-27(34)26(14-24)30(41)42/h6-7,12-14,19-20,22,25H,4-5,8-11,15-18H2,1-3H3,(H,41,42)/t20-,25+,32-/m0/s1. The number of nitrogens with zero attached hydrogens (tertiary/aromatic N) is 3. The molecule has 3 fully saturated rings. The first-order chi connectivity index (χ1) is 21.8. The molecule has 3 heterocycles. The van der Waals surface area contributed by atoms with Crippen LogP contribution in [0.2, 0.25) is 0 Å². The first-order valence-corrected chi connectivity index (χ1v) is 15.8. The predicted molar refractivity (Wildman–Crippen MR) is 159 cm³/mol. The number of alkyl halides is 3. The van der Waals surface area contributed by atoms with Crippen molar-refractivity contribution in [3.05, 3.63) is 52.8 Å². The highest BCUT2D eigenvalue weighted by atomic mass is 19.4. The third kappa shape index (κ3) is 6.23. The fraction of sp³-hybridized carbons (Fsp3) is 0.576. The molecule has 2 saturated heterocycles. The molecule has 46 heavy (non-hydrogen) atoms. The van der Waals surface area contributed by atoms with Crippen LogP contribution in [0.25, 0.3) is 0 Å². The Morgan fingerprint density at radius 3 is 2.48 bits per heavy atom. The van der Waals surface area contributed by atoms with Gasteiger partial charge in [-0.1, -0.05) is 0 Å². The highest BCUT2D eigenvalue weighted by Gasteiger charge is 2.56. The van der Waals surface area contributed by atoms with E-state index in [2.05, 4.69) is 9.80 Å². The van der Waals surface area contributed by atoms with Crippen LogP contribution in [0.4, 0.5) is 23.2 Å². The third-order valence-electron chi connectivity index (χ3n) is 9.50. The lowest BCUT2D eigenvalue weighted by Gasteiger charge is -2.48. The fourth-order valence-corrected chi connectivity index (χ4v) is 7.08. The van der Waals surface area contributed by atoms with Crippen LogP contribution in [-0.4, -0.2) is 83.5 Å². The van der Waals surface area contributed by atoms with E-state index in [9.17, 15) is 32.3 Å². The van der Waals surface area contributed by atoms with Crippen molar-refractivity contribution in [1.29, 1.82) is 0 Å². The summed E-state index contributed by atoms with van der Waals surface area (Å²) in [5.41, 5.74) is -1.37. The molecule has 1 aliphatic carbocycles. The number of carboxylic acids is 1. The summed E-state index contributed by atoms with van der Waals surface area (Å²) in [4.78, 5) is 31.4. The Morgan fingerprint density at radius 2 is 1.87 bits per heavy atom. The SMILES string of the molecule is CC(C)Oc1cc(C(F)(F)F)cc2c1OCN(C(=O)[C@@]1(C3CC3)CC[C@@H](N3CCN(c4ccc(F)c(C(=O)O)c4)[C@@H](C)C3)CO1)C2. The number of anilines is 1. The molecular formula is C33H39F4N3O6. The van der Waals surface area contributed by atoms with Crippen LogP contribution in [0, 0.1) is 11.7 Å². The van der Waals surface area contributed by atoms with Crippen molar-refractivity contribution in [1.82, 2.24) is 9.80 Å². The van der Waals surface area contributed by atoms with Gasteiger partial charge in [-0.05, 0) is 82.7 Å². The quantitative estimate of drug-likeness (QED) is 0.391. The maximum Gasteiger partial charge on any atom is 0.416 e. The summed E-state index contributed by atoms with van der Waals surface area (Å²) in [6.07, 6.45) is -2.06. The van der Waals surface area contributed by atoms with E-state index in [-0.39, 0.29) is 65.9 Å². The average Bonchev–Trinajstić information content (AvgIpc) is 3.86. The van der Waals surface area contributed by atoms with Crippen molar-refractivity contribution in [2.45, 2.75) is 83.0 Å². The largest absolute Gasteiger partial charge is 0.487 e. The molecule has 9 nitrogen and oxygen atoms in total. The summed E-state index contributed by atoms with van der Waals surface area (Å²) in [5, 5.41) is 9.34. The Balaban J connectivity index is 1.13. The summed E-state index contributed by atoms with van der Waals surface area (Å²) >= 11 is 0. The second kappa shape index (κ2) is 12.2. The monoisotopic (exact) mass is 649 g/mol. The van der Waals surface area contributed by atoms with Crippen molar-refractivity contribution >= 4 is 17.6 Å². The summed E-state index contributed by atoms with van der Waals surface area (Å²) in [6, 6.07) is 6.20. The van der Waals surface area contributed by atoms with Crippen LogP contribution in [0.5, 0.6) is 11.5 Å². The first kappa shape index (κ1) is 32.4. The van der Waals surface area contributed by atoms with Crippen molar-refractivity contribution in [2.75, 3.05) is 37.9 Å². The lowest BCUT2D eigenvalue weighted by atomic mass is 9.85. The van der Waals surface area contributed by atoms with Crippen LogP contribution in [0.15, 0.2) is 30.3 Å². The molecular weight excluding hydrogens is 610 g/mol. The summed E-state index contributed by atoms with van der Waals surface area (Å²) < 4.78 is 73.2. The number of benzene rings is 2. The molecule has 1 N–H and O–H groups in total. The lowest BCUT2D eigenvalue weighted by molar-refractivity contribution is -0.180. The molecule has 3 aliphatic heterocycles. The summed E-state index contributed by atoms with van der Waals surface area (Å²) in [6.45, 7) is 7.64. The molecule has 2 aromatic rings. The fourth-order valence-electron chi connectivity index (χ4n) is 7.08. The molecule has 0 radical (unpaired) electrons. The maximum absolute atomic E-state index is 14.1. The molecule has 0 bridgehead atoms. The molecule has 6 rings (SSSR count). The zero-order chi connectivity index (χ0) is 33.0. The molecule has 0 unspecified atom stereocenters. The lowest BCUT2D eigenvalue weighted by Crippen LogP contribution is -2.61. The van der Waals surface area contributed by atoms with Crippen LogP contribution < -0.4 is 14.4 Å². The predicted octanol–water partition coefficient (Wildman–Crippen LogP) is 5.55. The van der Waals surface area contributed by atoms with E-state index in [4.69, 9.17) is 14.2 Å². The number of ether oxygens (including phenoxy) is 3. The molecule has 13 heteroatoms. The average molecular weight is 650 g/mol. The van der Waals surface area contributed by atoms with E-state index >= 15 is 0 Å². The van der Waals surface area contributed by atoms with Crippen LogP contribution in [-0.2, 0) is 22.3 Å². The molecule has 2 aromatic carbocycles. The number of carbonyl (C=O) groups is 2. The van der Waals surface area contributed by atoms with E-state index in [1.165, 1.54) is 17.0 Å². The van der Waals surface area contributed by atoms with Gasteiger partial charge in [-0.3, -0.25) is 9.69 Å². The minimum absolute atomic E-state index is 0.0108. The Bertz CT molecular complexity index is 1490. The second-order valence-electron chi connectivity index (χ2n) is 13.1. The van der Waals surface area contributed by atoms with E-state index in [1.54, 1.807) is 19.9 Å². The van der Waals surface area contributed by atoms with E-state index in [0.29, 0.717) is 44.8 Å². The van der Waals surface area contributed by atoms with Gasteiger partial charge >= 0.3 is 12.1 Å². The number of aromatic carboxylic acids is 1. The zero-order valence-electron chi connectivity index (χ0n) is 26.1. The number of rotatable bonds is 7.